The van der Waals surface area contributed by atoms with Crippen LogP contribution in [-0.4, -0.2) is 24.1 Å². The summed E-state index contributed by atoms with van der Waals surface area (Å²) in [5.74, 6) is 2.18. The van der Waals surface area contributed by atoms with E-state index in [1.54, 1.807) is 0 Å². The van der Waals surface area contributed by atoms with E-state index in [0.29, 0.717) is 0 Å². The third-order valence-corrected chi connectivity index (χ3v) is 3.41. The molecule has 1 aliphatic heterocycles. The second-order valence-electron chi connectivity index (χ2n) is 3.34. The zero-order chi connectivity index (χ0) is 7.40. The number of thioether (sulfide) groups is 1. The van der Waals surface area contributed by atoms with Crippen molar-refractivity contribution >= 4 is 24.2 Å². The molecular formula is C8H18ClNS. The van der Waals surface area contributed by atoms with E-state index in [9.17, 15) is 0 Å². The largest absolute Gasteiger partial charge is 0.316 e. The van der Waals surface area contributed by atoms with Crippen LogP contribution >= 0.6 is 24.2 Å². The molecule has 1 aliphatic rings. The number of hydrogen-bond acceptors (Lipinski definition) is 2. The topological polar surface area (TPSA) is 12.0 Å². The minimum absolute atomic E-state index is 0. The van der Waals surface area contributed by atoms with E-state index in [0.717, 1.165) is 11.2 Å². The van der Waals surface area contributed by atoms with E-state index >= 15 is 0 Å². The van der Waals surface area contributed by atoms with Crippen LogP contribution in [0.3, 0.4) is 0 Å². The molecule has 0 aromatic heterocycles. The molecule has 1 N–H and O–H groups in total. The van der Waals surface area contributed by atoms with Crippen LogP contribution in [0.4, 0.5) is 0 Å². The number of rotatable bonds is 3. The minimum atomic E-state index is 0. The molecule has 11 heavy (non-hydrogen) atoms. The summed E-state index contributed by atoms with van der Waals surface area (Å²) in [4.78, 5) is 0. The van der Waals surface area contributed by atoms with Crippen LogP contribution in [0.15, 0.2) is 0 Å². The Balaban J connectivity index is 0.000001000. The molecule has 1 atom stereocenters. The van der Waals surface area contributed by atoms with E-state index < -0.39 is 0 Å². The second-order valence-corrected chi connectivity index (χ2v) is 4.68. The van der Waals surface area contributed by atoms with Gasteiger partial charge >= 0.3 is 0 Å². The zero-order valence-electron chi connectivity index (χ0n) is 7.30. The van der Waals surface area contributed by atoms with Crippen LogP contribution < -0.4 is 5.32 Å². The van der Waals surface area contributed by atoms with Gasteiger partial charge in [-0.3, -0.25) is 0 Å². The maximum absolute atomic E-state index is 3.38. The number of nitrogens with one attached hydrogen (secondary N) is 1. The van der Waals surface area contributed by atoms with E-state index in [-0.39, 0.29) is 12.4 Å². The van der Waals surface area contributed by atoms with Gasteiger partial charge in [0.15, 0.2) is 0 Å². The first-order valence-corrected chi connectivity index (χ1v) is 5.16. The molecule has 0 amide bonds. The minimum Gasteiger partial charge on any atom is -0.316 e. The first-order valence-electron chi connectivity index (χ1n) is 4.11. The van der Waals surface area contributed by atoms with Gasteiger partial charge in [0.05, 0.1) is 0 Å². The van der Waals surface area contributed by atoms with Gasteiger partial charge in [0, 0.05) is 11.8 Å². The molecule has 0 bridgehead atoms. The highest BCUT2D eigenvalue weighted by molar-refractivity contribution is 7.99. The molecule has 3 heteroatoms. The molecule has 1 fully saturated rings. The second kappa shape index (κ2) is 6.15. The molecule has 1 heterocycles. The Labute approximate surface area is 80.1 Å². The van der Waals surface area contributed by atoms with Crippen LogP contribution in [0, 0.1) is 5.92 Å². The summed E-state index contributed by atoms with van der Waals surface area (Å²) in [6.45, 7) is 7.04. The molecule has 1 saturated heterocycles. The summed E-state index contributed by atoms with van der Waals surface area (Å²) in [6.07, 6.45) is 1.37. The number of hydrogen-bond donors (Lipinski definition) is 1. The molecule has 0 spiro atoms. The molecule has 1 rings (SSSR count). The monoisotopic (exact) mass is 195 g/mol. The van der Waals surface area contributed by atoms with Crippen molar-refractivity contribution in [3.63, 3.8) is 0 Å². The summed E-state index contributed by atoms with van der Waals surface area (Å²) in [5.41, 5.74) is 0. The molecular weight excluding hydrogens is 178 g/mol. The first kappa shape index (κ1) is 11.6. The van der Waals surface area contributed by atoms with Crippen molar-refractivity contribution in [3.05, 3.63) is 0 Å². The van der Waals surface area contributed by atoms with Gasteiger partial charge in [-0.1, -0.05) is 13.8 Å². The molecule has 1 nitrogen and oxygen atoms in total. The van der Waals surface area contributed by atoms with Crippen LogP contribution in [0.2, 0.25) is 0 Å². The van der Waals surface area contributed by atoms with Gasteiger partial charge < -0.3 is 5.32 Å². The summed E-state index contributed by atoms with van der Waals surface area (Å²) in [5, 5.41) is 4.28. The predicted molar refractivity (Wildman–Crippen MR) is 55.8 cm³/mol. The molecule has 0 radical (unpaired) electrons. The molecule has 0 aromatic rings. The van der Waals surface area contributed by atoms with Gasteiger partial charge in [-0.2, -0.15) is 11.8 Å². The lowest BCUT2D eigenvalue weighted by atomic mass is 10.3. The van der Waals surface area contributed by atoms with Crippen LogP contribution in [0.1, 0.15) is 20.3 Å². The maximum atomic E-state index is 3.38. The fourth-order valence-electron chi connectivity index (χ4n) is 1.10. The summed E-state index contributed by atoms with van der Waals surface area (Å²) in [6, 6.07) is 0. The van der Waals surface area contributed by atoms with Crippen LogP contribution in [0.5, 0.6) is 0 Å². The first-order chi connectivity index (χ1) is 4.79. The van der Waals surface area contributed by atoms with Crippen molar-refractivity contribution in [1.82, 2.24) is 5.32 Å². The Morgan fingerprint density at radius 3 is 2.73 bits per heavy atom. The Hall–Kier alpha value is 0.600. The fraction of sp³-hybridized carbons (Fsp3) is 1.00. The maximum Gasteiger partial charge on any atom is 0.0184 e. The molecule has 0 saturated carbocycles. The summed E-state index contributed by atoms with van der Waals surface area (Å²) >= 11 is 2.13. The van der Waals surface area contributed by atoms with Crippen molar-refractivity contribution in [2.75, 3.05) is 18.8 Å². The van der Waals surface area contributed by atoms with Gasteiger partial charge in [-0.05, 0) is 24.6 Å². The Morgan fingerprint density at radius 1 is 1.55 bits per heavy atom. The Bertz CT molecular complexity index is 92.1. The lowest BCUT2D eigenvalue weighted by Crippen LogP contribution is -2.11. The van der Waals surface area contributed by atoms with Gasteiger partial charge in [-0.15, -0.1) is 12.4 Å². The van der Waals surface area contributed by atoms with Gasteiger partial charge in [0.1, 0.15) is 0 Å². The van der Waals surface area contributed by atoms with E-state index in [4.69, 9.17) is 0 Å². The molecule has 0 aliphatic carbocycles. The molecule has 0 aromatic carbocycles. The highest BCUT2D eigenvalue weighted by Crippen LogP contribution is 2.19. The third kappa shape index (κ3) is 4.94. The highest BCUT2D eigenvalue weighted by Gasteiger charge is 2.14. The normalized spacial score (nSPS) is 23.7. The molecule has 68 valence electrons. The predicted octanol–water partition coefficient (Wildman–Crippen LogP) is 2.16. The lowest BCUT2D eigenvalue weighted by molar-refractivity contribution is 0.746. The summed E-state index contributed by atoms with van der Waals surface area (Å²) in [7, 11) is 0. The van der Waals surface area contributed by atoms with Gasteiger partial charge in [0.2, 0.25) is 0 Å². The smallest absolute Gasteiger partial charge is 0.0184 e. The van der Waals surface area contributed by atoms with E-state index in [1.807, 2.05) is 0 Å². The van der Waals surface area contributed by atoms with Crippen molar-refractivity contribution in [3.8, 4) is 0 Å². The van der Waals surface area contributed by atoms with Crippen molar-refractivity contribution in [2.45, 2.75) is 25.5 Å². The number of halogens is 1. The quantitative estimate of drug-likeness (QED) is 0.741. The lowest BCUT2D eigenvalue weighted by Gasteiger charge is -2.09. The Morgan fingerprint density at radius 2 is 2.27 bits per heavy atom. The van der Waals surface area contributed by atoms with Gasteiger partial charge in [-0.25, -0.2) is 0 Å². The highest BCUT2D eigenvalue weighted by atomic mass is 35.5. The van der Waals surface area contributed by atoms with Gasteiger partial charge in [0.25, 0.3) is 0 Å². The fourth-order valence-corrected chi connectivity index (χ4v) is 2.28. The van der Waals surface area contributed by atoms with Crippen LogP contribution in [-0.2, 0) is 0 Å². The SMILES string of the molecule is CC(C)CSC1CCNC1.Cl. The standard InChI is InChI=1S/C8H17NS.ClH/c1-7(2)6-10-8-3-4-9-5-8;/h7-9H,3-6H2,1-2H3;1H. The van der Waals surface area contributed by atoms with Crippen molar-refractivity contribution in [1.29, 1.82) is 0 Å². The summed E-state index contributed by atoms with van der Waals surface area (Å²) < 4.78 is 0. The third-order valence-electron chi connectivity index (χ3n) is 1.68. The van der Waals surface area contributed by atoms with Crippen molar-refractivity contribution in [2.24, 2.45) is 5.92 Å². The van der Waals surface area contributed by atoms with E-state index in [2.05, 4.69) is 30.9 Å². The van der Waals surface area contributed by atoms with E-state index in [1.165, 1.54) is 25.3 Å². The average molecular weight is 196 g/mol. The molecule has 1 unspecified atom stereocenters. The zero-order valence-corrected chi connectivity index (χ0v) is 8.93. The van der Waals surface area contributed by atoms with Crippen molar-refractivity contribution < 1.29 is 0 Å². The van der Waals surface area contributed by atoms with Crippen LogP contribution in [0.25, 0.3) is 0 Å². The average Bonchev–Trinajstić information content (AvgIpc) is 2.34. The Kier molecular flexibility index (Phi) is 6.49.